The molecule has 19 heavy (non-hydrogen) atoms. The number of hydrogen-bond acceptors (Lipinski definition) is 5. The lowest BCUT2D eigenvalue weighted by molar-refractivity contribution is 0.184. The van der Waals surface area contributed by atoms with Crippen molar-refractivity contribution in [2.45, 2.75) is 18.9 Å². The Kier molecular flexibility index (Phi) is 3.87. The number of nitrogens with two attached hydrogens (primary N) is 1. The van der Waals surface area contributed by atoms with E-state index < -0.39 is 0 Å². The molecule has 1 aliphatic rings. The van der Waals surface area contributed by atoms with Gasteiger partial charge >= 0.3 is 0 Å². The first-order chi connectivity index (χ1) is 9.11. The smallest absolute Gasteiger partial charge is 0.131 e. The van der Waals surface area contributed by atoms with Crippen LogP contribution in [0.15, 0.2) is 12.1 Å². The van der Waals surface area contributed by atoms with Gasteiger partial charge in [0.05, 0.1) is 33.5 Å². The van der Waals surface area contributed by atoms with Gasteiger partial charge in [-0.2, -0.15) is 0 Å². The Morgan fingerprint density at radius 2 is 1.68 bits per heavy atom. The van der Waals surface area contributed by atoms with Crippen molar-refractivity contribution in [1.82, 2.24) is 0 Å². The van der Waals surface area contributed by atoms with Crippen molar-refractivity contribution < 1.29 is 19.3 Å². The maximum Gasteiger partial charge on any atom is 0.131 e. The molecule has 5 heteroatoms. The molecule has 3 N–H and O–H groups in total. The van der Waals surface area contributed by atoms with Gasteiger partial charge in [0.1, 0.15) is 17.2 Å². The van der Waals surface area contributed by atoms with Gasteiger partial charge in [0.2, 0.25) is 0 Å². The van der Waals surface area contributed by atoms with E-state index in [1.54, 1.807) is 33.5 Å². The van der Waals surface area contributed by atoms with Crippen molar-refractivity contribution in [1.29, 1.82) is 0 Å². The first kappa shape index (κ1) is 14.0. The predicted octanol–water partition coefficient (Wildman–Crippen LogP) is 1.48. The Bertz CT molecular complexity index is 432. The van der Waals surface area contributed by atoms with Gasteiger partial charge in [0.25, 0.3) is 0 Å². The molecule has 1 unspecified atom stereocenters. The van der Waals surface area contributed by atoms with Crippen LogP contribution < -0.4 is 19.9 Å². The van der Waals surface area contributed by atoms with Gasteiger partial charge in [-0.25, -0.2) is 0 Å². The third-order valence-corrected chi connectivity index (χ3v) is 3.93. The summed E-state index contributed by atoms with van der Waals surface area (Å²) < 4.78 is 16.0. The number of rotatable bonds is 6. The Balaban J connectivity index is 2.48. The van der Waals surface area contributed by atoms with Gasteiger partial charge in [-0.15, -0.1) is 0 Å². The van der Waals surface area contributed by atoms with Crippen molar-refractivity contribution in [3.63, 3.8) is 0 Å². The molecule has 0 heterocycles. The Morgan fingerprint density at radius 3 is 2.00 bits per heavy atom. The molecule has 0 spiro atoms. The third-order valence-electron chi connectivity index (χ3n) is 3.93. The number of aliphatic hydroxyl groups excluding tert-OH is 1. The number of methoxy groups -OCH3 is 3. The van der Waals surface area contributed by atoms with Gasteiger partial charge in [0.15, 0.2) is 0 Å². The molecule has 1 saturated carbocycles. The molecule has 0 saturated heterocycles. The minimum atomic E-state index is -0.312. The van der Waals surface area contributed by atoms with E-state index in [0.29, 0.717) is 17.2 Å². The SMILES string of the molecule is COc1cc(OC)c(C(N)C2(CO)CC2)c(OC)c1. The number of hydrogen-bond donors (Lipinski definition) is 2. The summed E-state index contributed by atoms with van der Waals surface area (Å²) in [6.07, 6.45) is 1.84. The van der Waals surface area contributed by atoms with E-state index in [9.17, 15) is 5.11 Å². The summed E-state index contributed by atoms with van der Waals surface area (Å²) in [5.41, 5.74) is 6.88. The quantitative estimate of drug-likeness (QED) is 0.816. The van der Waals surface area contributed by atoms with Crippen LogP contribution in [0.4, 0.5) is 0 Å². The largest absolute Gasteiger partial charge is 0.496 e. The zero-order valence-electron chi connectivity index (χ0n) is 11.6. The second-order valence-corrected chi connectivity index (χ2v) is 4.94. The lowest BCUT2D eigenvalue weighted by Gasteiger charge is -2.25. The third kappa shape index (κ3) is 2.35. The van der Waals surface area contributed by atoms with Crippen molar-refractivity contribution >= 4 is 0 Å². The second kappa shape index (κ2) is 5.27. The predicted molar refractivity (Wildman–Crippen MR) is 71.8 cm³/mol. The molecule has 0 aromatic heterocycles. The molecule has 0 radical (unpaired) electrons. The summed E-state index contributed by atoms with van der Waals surface area (Å²) in [5.74, 6) is 1.91. The first-order valence-corrected chi connectivity index (χ1v) is 6.28. The molecular weight excluding hydrogens is 246 g/mol. The van der Waals surface area contributed by atoms with Crippen LogP contribution in [0.2, 0.25) is 0 Å². The molecule has 1 aromatic rings. The zero-order valence-corrected chi connectivity index (χ0v) is 11.6. The Hall–Kier alpha value is -1.46. The van der Waals surface area contributed by atoms with Gasteiger partial charge in [-0.1, -0.05) is 0 Å². The molecule has 1 fully saturated rings. The molecular formula is C14H21NO4. The van der Waals surface area contributed by atoms with E-state index in [2.05, 4.69) is 0 Å². The fourth-order valence-corrected chi connectivity index (χ4v) is 2.37. The Morgan fingerprint density at radius 1 is 1.16 bits per heavy atom. The van der Waals surface area contributed by atoms with Crippen LogP contribution in [0.1, 0.15) is 24.4 Å². The van der Waals surface area contributed by atoms with E-state index in [0.717, 1.165) is 18.4 Å². The molecule has 106 valence electrons. The van der Waals surface area contributed by atoms with Crippen LogP contribution in [-0.2, 0) is 0 Å². The average molecular weight is 267 g/mol. The summed E-state index contributed by atoms with van der Waals surface area (Å²) in [4.78, 5) is 0. The van der Waals surface area contributed by atoms with Crippen LogP contribution in [0.3, 0.4) is 0 Å². The standard InChI is InChI=1S/C14H21NO4/c1-17-9-6-10(18-2)12(11(7-9)19-3)13(15)14(8-16)4-5-14/h6-7,13,16H,4-5,8,15H2,1-3H3. The van der Waals surface area contributed by atoms with Gasteiger partial charge in [-0.05, 0) is 12.8 Å². The summed E-state index contributed by atoms with van der Waals surface area (Å²) in [7, 11) is 4.76. The molecule has 0 aliphatic heterocycles. The molecule has 5 nitrogen and oxygen atoms in total. The lowest BCUT2D eigenvalue weighted by atomic mass is 9.90. The van der Waals surface area contributed by atoms with Crippen LogP contribution in [0.5, 0.6) is 17.2 Å². The van der Waals surface area contributed by atoms with Crippen LogP contribution in [0.25, 0.3) is 0 Å². The molecule has 1 aromatic carbocycles. The number of aliphatic hydroxyl groups is 1. The van der Waals surface area contributed by atoms with Crippen molar-refractivity contribution in [2.24, 2.45) is 11.1 Å². The lowest BCUT2D eigenvalue weighted by Crippen LogP contribution is -2.26. The topological polar surface area (TPSA) is 73.9 Å². The number of ether oxygens (including phenoxy) is 3. The number of benzene rings is 1. The van der Waals surface area contributed by atoms with Crippen LogP contribution in [0, 0.1) is 5.41 Å². The summed E-state index contributed by atoms with van der Waals surface area (Å²) in [6.45, 7) is 0.0759. The van der Waals surface area contributed by atoms with Crippen LogP contribution in [-0.4, -0.2) is 33.0 Å². The van der Waals surface area contributed by atoms with E-state index >= 15 is 0 Å². The van der Waals surface area contributed by atoms with Gasteiger partial charge in [0, 0.05) is 23.6 Å². The van der Waals surface area contributed by atoms with Crippen molar-refractivity contribution in [3.8, 4) is 17.2 Å². The fraction of sp³-hybridized carbons (Fsp3) is 0.571. The highest BCUT2D eigenvalue weighted by Crippen LogP contribution is 2.56. The maximum atomic E-state index is 9.53. The highest BCUT2D eigenvalue weighted by atomic mass is 16.5. The summed E-state index contributed by atoms with van der Waals surface area (Å²) in [6, 6.07) is 3.25. The van der Waals surface area contributed by atoms with Crippen LogP contribution >= 0.6 is 0 Å². The first-order valence-electron chi connectivity index (χ1n) is 6.28. The minimum absolute atomic E-state index is 0.0759. The Labute approximate surface area is 113 Å². The highest BCUT2D eigenvalue weighted by Gasteiger charge is 2.49. The normalized spacial score (nSPS) is 17.7. The van der Waals surface area contributed by atoms with E-state index in [1.165, 1.54) is 0 Å². The minimum Gasteiger partial charge on any atom is -0.496 e. The zero-order chi connectivity index (χ0) is 14.0. The summed E-state index contributed by atoms with van der Waals surface area (Å²) in [5, 5.41) is 9.53. The van der Waals surface area contributed by atoms with E-state index in [4.69, 9.17) is 19.9 Å². The highest BCUT2D eigenvalue weighted by molar-refractivity contribution is 5.53. The second-order valence-electron chi connectivity index (χ2n) is 4.94. The molecule has 2 rings (SSSR count). The average Bonchev–Trinajstić information content (AvgIpc) is 3.25. The van der Waals surface area contributed by atoms with Crippen molar-refractivity contribution in [2.75, 3.05) is 27.9 Å². The van der Waals surface area contributed by atoms with E-state index in [1.807, 2.05) is 0 Å². The monoisotopic (exact) mass is 267 g/mol. The van der Waals surface area contributed by atoms with Gasteiger partial charge < -0.3 is 25.1 Å². The fourth-order valence-electron chi connectivity index (χ4n) is 2.37. The summed E-state index contributed by atoms with van der Waals surface area (Å²) >= 11 is 0. The maximum absolute atomic E-state index is 9.53. The van der Waals surface area contributed by atoms with Gasteiger partial charge in [-0.3, -0.25) is 0 Å². The molecule has 1 atom stereocenters. The van der Waals surface area contributed by atoms with Crippen molar-refractivity contribution in [3.05, 3.63) is 17.7 Å². The molecule has 1 aliphatic carbocycles. The molecule has 0 bridgehead atoms. The van der Waals surface area contributed by atoms with E-state index in [-0.39, 0.29) is 18.1 Å². The molecule has 0 amide bonds.